The van der Waals surface area contributed by atoms with Gasteiger partial charge in [0.2, 0.25) is 0 Å². The molecule has 0 spiro atoms. The van der Waals surface area contributed by atoms with Crippen molar-refractivity contribution in [3.63, 3.8) is 0 Å². The number of halogens is 1. The Hall–Kier alpha value is -2.18. The monoisotopic (exact) mass is 374 g/mol. The number of benzene rings is 1. The second-order valence-electron chi connectivity index (χ2n) is 5.73. The molecule has 2 aromatic heterocycles. The maximum atomic E-state index is 12.6. The van der Waals surface area contributed by atoms with Gasteiger partial charge in [-0.2, -0.15) is 5.10 Å². The molecule has 7 heteroatoms. The van der Waals surface area contributed by atoms with Crippen molar-refractivity contribution in [2.24, 2.45) is 0 Å². The van der Waals surface area contributed by atoms with Gasteiger partial charge in [-0.1, -0.05) is 30.7 Å². The van der Waals surface area contributed by atoms with Crippen LogP contribution in [-0.2, 0) is 13.0 Å². The average Bonchev–Trinajstić information content (AvgIpc) is 3.16. The minimum atomic E-state index is -0.143. The molecule has 1 N–H and O–H groups in total. The number of aryl methyl sites for hydroxylation is 2. The molecule has 25 heavy (non-hydrogen) atoms. The molecule has 0 fully saturated rings. The van der Waals surface area contributed by atoms with Crippen LogP contribution in [0.15, 0.2) is 36.5 Å². The lowest BCUT2D eigenvalue weighted by Gasteiger charge is -2.09. The minimum Gasteiger partial charge on any atom is -0.306 e. The van der Waals surface area contributed by atoms with E-state index in [1.54, 1.807) is 16.9 Å². The quantitative estimate of drug-likeness (QED) is 0.688. The van der Waals surface area contributed by atoms with Crippen molar-refractivity contribution in [1.29, 1.82) is 0 Å². The number of thiazole rings is 1. The van der Waals surface area contributed by atoms with Gasteiger partial charge in [-0.25, -0.2) is 9.67 Å². The molecule has 2 heterocycles. The van der Waals surface area contributed by atoms with Gasteiger partial charge >= 0.3 is 0 Å². The Morgan fingerprint density at radius 1 is 1.28 bits per heavy atom. The second-order valence-corrected chi connectivity index (χ2v) is 7.25. The number of anilines is 1. The van der Waals surface area contributed by atoms with Crippen LogP contribution in [0.2, 0.25) is 5.02 Å². The van der Waals surface area contributed by atoms with Gasteiger partial charge in [0.1, 0.15) is 10.7 Å². The fraction of sp³-hybridized carbons (Fsp3) is 0.278. The summed E-state index contributed by atoms with van der Waals surface area (Å²) in [5.74, 6) is 0.514. The lowest BCUT2D eigenvalue weighted by atomic mass is 10.2. The van der Waals surface area contributed by atoms with Crippen molar-refractivity contribution >= 4 is 34.7 Å². The molecule has 3 aromatic rings. The lowest BCUT2D eigenvalue weighted by Crippen LogP contribution is -2.16. The van der Waals surface area contributed by atoms with Crippen molar-refractivity contribution in [2.45, 2.75) is 33.2 Å². The normalized spacial score (nSPS) is 10.8. The summed E-state index contributed by atoms with van der Waals surface area (Å²) >= 11 is 7.37. The van der Waals surface area contributed by atoms with E-state index in [0.29, 0.717) is 22.3 Å². The number of carbonyl (C=O) groups excluding carboxylic acids is 1. The Bertz CT molecular complexity index is 870. The van der Waals surface area contributed by atoms with E-state index in [0.717, 1.165) is 29.1 Å². The predicted molar refractivity (Wildman–Crippen MR) is 102 cm³/mol. The summed E-state index contributed by atoms with van der Waals surface area (Å²) in [7, 11) is 0. The van der Waals surface area contributed by atoms with Crippen LogP contribution < -0.4 is 5.32 Å². The largest absolute Gasteiger partial charge is 0.306 e. The third kappa shape index (κ3) is 4.27. The highest BCUT2D eigenvalue weighted by molar-refractivity contribution is 7.13. The van der Waals surface area contributed by atoms with E-state index in [9.17, 15) is 4.79 Å². The number of hydrogen-bond donors (Lipinski definition) is 1. The predicted octanol–water partition coefficient (Wildman–Crippen LogP) is 4.55. The summed E-state index contributed by atoms with van der Waals surface area (Å²) < 4.78 is 1.75. The molecule has 0 bridgehead atoms. The molecule has 0 aliphatic rings. The number of carbonyl (C=O) groups is 1. The Balaban J connectivity index is 1.74. The van der Waals surface area contributed by atoms with Crippen LogP contribution >= 0.6 is 22.9 Å². The molecule has 0 aliphatic heterocycles. The summed E-state index contributed by atoms with van der Waals surface area (Å²) in [5.41, 5.74) is 1.83. The molecule has 5 nitrogen and oxygen atoms in total. The molecule has 130 valence electrons. The summed E-state index contributed by atoms with van der Waals surface area (Å²) in [5, 5.41) is 8.93. The van der Waals surface area contributed by atoms with Crippen molar-refractivity contribution in [1.82, 2.24) is 14.8 Å². The Kier molecular flexibility index (Phi) is 5.50. The van der Waals surface area contributed by atoms with E-state index in [4.69, 9.17) is 11.6 Å². The number of nitrogens with one attached hydrogen (secondary N) is 1. The standard InChI is InChI=1S/C18H19ClN4OS/c1-3-4-16-21-12(2)17(25-16)18(24)22-15-9-10-20-23(15)11-13-5-7-14(19)8-6-13/h5-10H,3-4,11H2,1-2H3,(H,22,24). The van der Waals surface area contributed by atoms with E-state index in [1.165, 1.54) is 11.3 Å². The Labute approximate surface area is 155 Å². The maximum absolute atomic E-state index is 12.6. The van der Waals surface area contributed by atoms with Gasteiger partial charge in [0.15, 0.2) is 0 Å². The first kappa shape index (κ1) is 17.6. The highest BCUT2D eigenvalue weighted by Crippen LogP contribution is 2.21. The molecule has 1 amide bonds. The smallest absolute Gasteiger partial charge is 0.268 e. The van der Waals surface area contributed by atoms with Gasteiger partial charge < -0.3 is 5.32 Å². The van der Waals surface area contributed by atoms with Gasteiger partial charge in [-0.05, 0) is 37.5 Å². The summed E-state index contributed by atoms with van der Waals surface area (Å²) in [6, 6.07) is 9.36. The van der Waals surface area contributed by atoms with Gasteiger partial charge in [0.25, 0.3) is 5.91 Å². The summed E-state index contributed by atoms with van der Waals surface area (Å²) in [6.07, 6.45) is 3.59. The maximum Gasteiger partial charge on any atom is 0.268 e. The number of aromatic nitrogens is 3. The van der Waals surface area contributed by atoms with E-state index < -0.39 is 0 Å². The highest BCUT2D eigenvalue weighted by Gasteiger charge is 2.16. The van der Waals surface area contributed by atoms with Gasteiger partial charge in [0.05, 0.1) is 23.4 Å². The lowest BCUT2D eigenvalue weighted by molar-refractivity contribution is 0.102. The van der Waals surface area contributed by atoms with Crippen molar-refractivity contribution < 1.29 is 4.79 Å². The van der Waals surface area contributed by atoms with Crippen LogP contribution in [0.25, 0.3) is 0 Å². The Morgan fingerprint density at radius 3 is 2.76 bits per heavy atom. The van der Waals surface area contributed by atoms with E-state index in [1.807, 2.05) is 31.2 Å². The molecule has 3 rings (SSSR count). The molecule has 1 aromatic carbocycles. The highest BCUT2D eigenvalue weighted by atomic mass is 35.5. The third-order valence-electron chi connectivity index (χ3n) is 3.71. The molecule has 0 aliphatic carbocycles. The molecule has 0 saturated heterocycles. The van der Waals surface area contributed by atoms with Crippen LogP contribution in [0.5, 0.6) is 0 Å². The van der Waals surface area contributed by atoms with Crippen LogP contribution in [-0.4, -0.2) is 20.7 Å². The molecular formula is C18H19ClN4OS. The van der Waals surface area contributed by atoms with E-state index in [2.05, 4.69) is 22.3 Å². The van der Waals surface area contributed by atoms with Gasteiger partial charge in [-0.3, -0.25) is 4.79 Å². The number of nitrogens with zero attached hydrogens (tertiary/aromatic N) is 3. The molecular weight excluding hydrogens is 356 g/mol. The SMILES string of the molecule is CCCc1nc(C)c(C(=O)Nc2ccnn2Cc2ccc(Cl)cc2)s1. The van der Waals surface area contributed by atoms with Crippen LogP contribution in [0.1, 0.15) is 39.3 Å². The molecule has 0 radical (unpaired) electrons. The zero-order valence-corrected chi connectivity index (χ0v) is 15.7. The summed E-state index contributed by atoms with van der Waals surface area (Å²) in [6.45, 7) is 4.53. The zero-order chi connectivity index (χ0) is 17.8. The third-order valence-corrected chi connectivity index (χ3v) is 5.18. The van der Waals surface area contributed by atoms with Crippen LogP contribution in [0.4, 0.5) is 5.82 Å². The molecule has 0 unspecified atom stereocenters. The van der Waals surface area contributed by atoms with Crippen molar-refractivity contribution in [3.05, 3.63) is 62.7 Å². The average molecular weight is 375 g/mol. The van der Waals surface area contributed by atoms with Crippen molar-refractivity contribution in [2.75, 3.05) is 5.32 Å². The number of rotatable bonds is 6. The Morgan fingerprint density at radius 2 is 2.04 bits per heavy atom. The summed E-state index contributed by atoms with van der Waals surface area (Å²) in [4.78, 5) is 17.7. The fourth-order valence-corrected chi connectivity index (χ4v) is 3.67. The first-order valence-corrected chi connectivity index (χ1v) is 9.30. The van der Waals surface area contributed by atoms with Crippen LogP contribution in [0.3, 0.4) is 0 Å². The topological polar surface area (TPSA) is 59.8 Å². The number of amides is 1. The van der Waals surface area contributed by atoms with Crippen molar-refractivity contribution in [3.8, 4) is 0 Å². The second kappa shape index (κ2) is 7.80. The molecule has 0 saturated carbocycles. The first-order chi connectivity index (χ1) is 12.1. The van der Waals surface area contributed by atoms with Crippen LogP contribution in [0, 0.1) is 6.92 Å². The van der Waals surface area contributed by atoms with Gasteiger partial charge in [0, 0.05) is 11.1 Å². The molecule has 0 atom stereocenters. The zero-order valence-electron chi connectivity index (χ0n) is 14.1. The van der Waals surface area contributed by atoms with E-state index >= 15 is 0 Å². The fourth-order valence-electron chi connectivity index (χ4n) is 2.48. The minimum absolute atomic E-state index is 0.143. The number of hydrogen-bond acceptors (Lipinski definition) is 4. The first-order valence-electron chi connectivity index (χ1n) is 8.10. The van der Waals surface area contributed by atoms with E-state index in [-0.39, 0.29) is 5.91 Å². The van der Waals surface area contributed by atoms with Gasteiger partial charge in [-0.15, -0.1) is 11.3 Å².